The molecular weight excluding hydrogens is 382 g/mol. The second-order valence-corrected chi connectivity index (χ2v) is 6.91. The van der Waals surface area contributed by atoms with E-state index in [-0.39, 0.29) is 12.3 Å². The molecule has 1 aliphatic rings. The van der Waals surface area contributed by atoms with E-state index in [0.717, 1.165) is 5.56 Å². The molecule has 0 bridgehead atoms. The lowest BCUT2D eigenvalue weighted by molar-refractivity contribution is -0.164. The molecule has 0 spiro atoms. The first-order valence-electron chi connectivity index (χ1n) is 8.64. The molecule has 0 aromatic heterocycles. The number of carbonyl (C=O) groups is 1. The minimum atomic E-state index is -1.05. The van der Waals surface area contributed by atoms with Crippen LogP contribution >= 0.6 is 11.6 Å². The predicted octanol–water partition coefficient (Wildman–Crippen LogP) is 3.73. The van der Waals surface area contributed by atoms with Gasteiger partial charge in [0.2, 0.25) is 5.91 Å². The summed E-state index contributed by atoms with van der Waals surface area (Å²) < 4.78 is 10.4. The molecule has 7 nitrogen and oxygen atoms in total. The maximum absolute atomic E-state index is 12.6. The van der Waals surface area contributed by atoms with Crippen LogP contribution in [0.15, 0.2) is 47.5 Å². The predicted molar refractivity (Wildman–Crippen MR) is 108 cm³/mol. The second-order valence-electron chi connectivity index (χ2n) is 6.51. The van der Waals surface area contributed by atoms with Crippen LogP contribution in [0, 0.1) is 0 Å². The molecule has 1 unspecified atom stereocenters. The van der Waals surface area contributed by atoms with Gasteiger partial charge in [0.25, 0.3) is 0 Å². The van der Waals surface area contributed by atoms with Crippen molar-refractivity contribution in [2.24, 2.45) is 4.99 Å². The number of ether oxygens (including phenoxy) is 2. The van der Waals surface area contributed by atoms with Gasteiger partial charge in [-0.05, 0) is 19.1 Å². The molecule has 1 amide bonds. The van der Waals surface area contributed by atoms with Crippen molar-refractivity contribution in [3.05, 3.63) is 53.1 Å². The van der Waals surface area contributed by atoms with Crippen LogP contribution in [-0.2, 0) is 9.63 Å². The summed E-state index contributed by atoms with van der Waals surface area (Å²) in [6, 6.07) is 12.5. The van der Waals surface area contributed by atoms with Crippen LogP contribution in [0.4, 0.5) is 5.69 Å². The monoisotopic (exact) mass is 403 g/mol. The Labute approximate surface area is 168 Å². The standard InChI is InChI=1S/C20H22ClN3O4/c1-20(23-19(24(2)28-20)16-7-5-6-8-17(16)21)12-18(25)22-13-9-14(26-3)11-15(10-13)27-4/h5-11H,12H2,1-4H3,(H,22,25). The van der Waals surface area contributed by atoms with Gasteiger partial charge >= 0.3 is 0 Å². The van der Waals surface area contributed by atoms with Gasteiger partial charge in [-0.15, -0.1) is 0 Å². The molecule has 8 heteroatoms. The van der Waals surface area contributed by atoms with Crippen LogP contribution in [0.3, 0.4) is 0 Å². The highest BCUT2D eigenvalue weighted by molar-refractivity contribution is 6.34. The molecule has 0 saturated heterocycles. The van der Waals surface area contributed by atoms with Crippen molar-refractivity contribution in [1.82, 2.24) is 5.06 Å². The molecule has 2 aromatic carbocycles. The lowest BCUT2D eigenvalue weighted by atomic mass is 10.1. The van der Waals surface area contributed by atoms with Crippen molar-refractivity contribution >= 4 is 29.0 Å². The van der Waals surface area contributed by atoms with Gasteiger partial charge in [-0.3, -0.25) is 4.79 Å². The van der Waals surface area contributed by atoms with E-state index in [0.29, 0.717) is 28.0 Å². The quantitative estimate of drug-likeness (QED) is 0.795. The largest absolute Gasteiger partial charge is 0.497 e. The molecule has 1 aliphatic heterocycles. The van der Waals surface area contributed by atoms with Gasteiger partial charge in [0.05, 0.1) is 25.7 Å². The highest BCUT2D eigenvalue weighted by Crippen LogP contribution is 2.31. The maximum atomic E-state index is 12.6. The third-order valence-corrected chi connectivity index (χ3v) is 4.54. The zero-order chi connectivity index (χ0) is 20.3. The summed E-state index contributed by atoms with van der Waals surface area (Å²) in [5.74, 6) is 1.48. The summed E-state index contributed by atoms with van der Waals surface area (Å²) in [7, 11) is 4.83. The number of nitrogens with zero attached hydrogens (tertiary/aromatic N) is 2. The van der Waals surface area contributed by atoms with E-state index in [4.69, 9.17) is 25.9 Å². The number of methoxy groups -OCH3 is 2. The number of hydroxylamine groups is 2. The fourth-order valence-electron chi connectivity index (χ4n) is 2.98. The Hall–Kier alpha value is -2.77. The van der Waals surface area contributed by atoms with Gasteiger partial charge < -0.3 is 14.8 Å². The molecule has 3 rings (SSSR count). The van der Waals surface area contributed by atoms with Gasteiger partial charge in [-0.2, -0.15) is 0 Å². The first-order chi connectivity index (χ1) is 13.3. The van der Waals surface area contributed by atoms with Crippen molar-refractivity contribution in [2.45, 2.75) is 19.1 Å². The van der Waals surface area contributed by atoms with Crippen molar-refractivity contribution < 1.29 is 19.1 Å². The number of hydrogen-bond acceptors (Lipinski definition) is 6. The minimum Gasteiger partial charge on any atom is -0.497 e. The number of carbonyl (C=O) groups excluding carboxylic acids is 1. The van der Waals surface area contributed by atoms with Gasteiger partial charge in [0.1, 0.15) is 11.5 Å². The summed E-state index contributed by atoms with van der Waals surface area (Å²) >= 11 is 6.27. The second kappa shape index (κ2) is 8.08. The molecule has 0 aliphatic carbocycles. The van der Waals surface area contributed by atoms with E-state index in [1.54, 1.807) is 52.5 Å². The molecule has 0 saturated carbocycles. The number of amidine groups is 1. The van der Waals surface area contributed by atoms with E-state index < -0.39 is 5.72 Å². The van der Waals surface area contributed by atoms with E-state index in [2.05, 4.69) is 10.3 Å². The fraction of sp³-hybridized carbons (Fsp3) is 0.300. The third-order valence-electron chi connectivity index (χ3n) is 4.21. The summed E-state index contributed by atoms with van der Waals surface area (Å²) in [6.45, 7) is 1.75. The topological polar surface area (TPSA) is 72.4 Å². The minimum absolute atomic E-state index is 0.0187. The summed E-state index contributed by atoms with van der Waals surface area (Å²) in [5.41, 5.74) is 0.260. The summed E-state index contributed by atoms with van der Waals surface area (Å²) in [4.78, 5) is 23.0. The molecule has 0 fully saturated rings. The molecule has 28 heavy (non-hydrogen) atoms. The van der Waals surface area contributed by atoms with Crippen molar-refractivity contribution in [3.63, 3.8) is 0 Å². The lowest BCUT2D eigenvalue weighted by Crippen LogP contribution is -2.32. The van der Waals surface area contributed by atoms with Gasteiger partial charge in [-0.1, -0.05) is 23.7 Å². The number of halogens is 1. The van der Waals surface area contributed by atoms with Crippen LogP contribution in [0.5, 0.6) is 11.5 Å². The van der Waals surface area contributed by atoms with Crippen molar-refractivity contribution in [2.75, 3.05) is 26.6 Å². The van der Waals surface area contributed by atoms with Gasteiger partial charge in [-0.25, -0.2) is 14.9 Å². The lowest BCUT2D eigenvalue weighted by Gasteiger charge is -2.21. The summed E-state index contributed by atoms with van der Waals surface area (Å²) in [5, 5.41) is 4.93. The van der Waals surface area contributed by atoms with Crippen LogP contribution < -0.4 is 14.8 Å². The van der Waals surface area contributed by atoms with Crippen LogP contribution in [0.25, 0.3) is 0 Å². The fourth-order valence-corrected chi connectivity index (χ4v) is 3.20. The van der Waals surface area contributed by atoms with Crippen LogP contribution in [-0.4, -0.2) is 43.8 Å². The number of hydrogen-bond donors (Lipinski definition) is 1. The molecule has 148 valence electrons. The molecule has 0 radical (unpaired) electrons. The van der Waals surface area contributed by atoms with E-state index >= 15 is 0 Å². The number of aliphatic imine (C=N–C) groups is 1. The number of rotatable bonds is 6. The molecule has 1 atom stereocenters. The Morgan fingerprint density at radius 2 is 1.86 bits per heavy atom. The van der Waals surface area contributed by atoms with E-state index in [1.807, 2.05) is 18.2 Å². The van der Waals surface area contributed by atoms with Gasteiger partial charge in [0, 0.05) is 36.5 Å². The first kappa shape index (κ1) is 20.0. The molecule has 2 aromatic rings. The van der Waals surface area contributed by atoms with E-state index in [9.17, 15) is 4.79 Å². The smallest absolute Gasteiger partial charge is 0.229 e. The maximum Gasteiger partial charge on any atom is 0.229 e. The molecule has 1 N–H and O–H groups in total. The number of amides is 1. The normalized spacial score (nSPS) is 18.6. The van der Waals surface area contributed by atoms with Crippen molar-refractivity contribution in [1.29, 1.82) is 0 Å². The highest BCUT2D eigenvalue weighted by atomic mass is 35.5. The zero-order valence-electron chi connectivity index (χ0n) is 16.2. The molecular formula is C20H22ClN3O4. The Morgan fingerprint density at radius 3 is 2.46 bits per heavy atom. The highest BCUT2D eigenvalue weighted by Gasteiger charge is 2.38. The Balaban J connectivity index is 1.76. The van der Waals surface area contributed by atoms with E-state index in [1.165, 1.54) is 5.06 Å². The average molecular weight is 404 g/mol. The third kappa shape index (κ3) is 4.37. The SMILES string of the molecule is COc1cc(NC(=O)CC2(C)N=C(c3ccccc3Cl)N(C)O2)cc(OC)c1. The molecule has 1 heterocycles. The number of benzene rings is 2. The average Bonchev–Trinajstić information content (AvgIpc) is 2.95. The Kier molecular flexibility index (Phi) is 5.76. The number of anilines is 1. The number of nitrogens with one attached hydrogen (secondary N) is 1. The van der Waals surface area contributed by atoms with Crippen LogP contribution in [0.2, 0.25) is 5.02 Å². The van der Waals surface area contributed by atoms with Crippen molar-refractivity contribution in [3.8, 4) is 11.5 Å². The Bertz CT molecular complexity index is 896. The zero-order valence-corrected chi connectivity index (χ0v) is 16.9. The Morgan fingerprint density at radius 1 is 1.21 bits per heavy atom. The van der Waals surface area contributed by atoms with Gasteiger partial charge in [0.15, 0.2) is 11.6 Å². The summed E-state index contributed by atoms with van der Waals surface area (Å²) in [6.07, 6.45) is 0.0187. The first-order valence-corrected chi connectivity index (χ1v) is 9.02. The van der Waals surface area contributed by atoms with Crippen LogP contribution in [0.1, 0.15) is 18.9 Å².